The van der Waals surface area contributed by atoms with E-state index in [1.54, 1.807) is 6.92 Å². The fraction of sp³-hybridized carbons (Fsp3) is 0.133. The van der Waals surface area contributed by atoms with Gasteiger partial charge in [0, 0.05) is 17.7 Å². The molecule has 0 aliphatic rings. The molecule has 0 fully saturated rings. The van der Waals surface area contributed by atoms with Crippen molar-refractivity contribution in [3.8, 4) is 0 Å². The van der Waals surface area contributed by atoms with Gasteiger partial charge in [-0.05, 0) is 25.5 Å². The Morgan fingerprint density at radius 3 is 2.30 bits per heavy atom. The van der Waals surface area contributed by atoms with E-state index in [-0.39, 0.29) is 22.6 Å². The minimum absolute atomic E-state index is 0.0964. The number of rotatable bonds is 4. The summed E-state index contributed by atoms with van der Waals surface area (Å²) >= 11 is 0. The van der Waals surface area contributed by atoms with E-state index < -0.39 is 15.8 Å². The summed E-state index contributed by atoms with van der Waals surface area (Å²) in [6.45, 7) is 3.21. The van der Waals surface area contributed by atoms with Gasteiger partial charge in [0.1, 0.15) is 5.56 Å². The van der Waals surface area contributed by atoms with Crippen LogP contribution in [0.3, 0.4) is 0 Å². The smallest absolute Gasteiger partial charge is 0.285 e. The van der Waals surface area contributed by atoms with Crippen molar-refractivity contribution in [3.05, 3.63) is 73.3 Å². The summed E-state index contributed by atoms with van der Waals surface area (Å²) in [6.07, 6.45) is 0. The molecule has 2 aromatic rings. The van der Waals surface area contributed by atoms with Crippen molar-refractivity contribution in [1.82, 2.24) is 0 Å². The van der Waals surface area contributed by atoms with Gasteiger partial charge in [-0.15, -0.1) is 0 Å². The third kappa shape index (κ3) is 3.31. The lowest BCUT2D eigenvalue weighted by Crippen LogP contribution is -2.15. The first-order valence-corrected chi connectivity index (χ1v) is 6.61. The Morgan fingerprint density at radius 2 is 1.70 bits per heavy atom. The molecular weight excluding hydrogens is 302 g/mol. The Kier molecular flexibility index (Phi) is 4.35. The lowest BCUT2D eigenvalue weighted by Gasteiger charge is -2.09. The van der Waals surface area contributed by atoms with Gasteiger partial charge in [-0.1, -0.05) is 18.2 Å². The van der Waals surface area contributed by atoms with Gasteiger partial charge in [0.2, 0.25) is 0 Å². The summed E-state index contributed by atoms with van der Waals surface area (Å²) in [5.41, 5.74) is 0.649. The number of hydrogen-bond donors (Lipinski definition) is 1. The average molecular weight is 315 g/mol. The van der Waals surface area contributed by atoms with Gasteiger partial charge >= 0.3 is 0 Å². The number of nitro benzene ring substituents is 2. The lowest BCUT2D eigenvalue weighted by molar-refractivity contribution is -0.385. The molecule has 118 valence electrons. The molecule has 0 radical (unpaired) electrons. The maximum Gasteiger partial charge on any atom is 0.285 e. The highest BCUT2D eigenvalue weighted by molar-refractivity contribution is 6.07. The molecule has 0 saturated carbocycles. The second-order valence-electron chi connectivity index (χ2n) is 4.94. The standard InChI is InChI=1S/C15H13N3O5/c1-9-6-7-11(17(20)21)8-13(9)16-15(19)12-5-3-4-10(2)14(12)18(22)23/h3-8H,1-2H3,(H,16,19). The largest absolute Gasteiger partial charge is 0.321 e. The van der Waals surface area contributed by atoms with E-state index in [0.29, 0.717) is 11.1 Å². The first-order valence-electron chi connectivity index (χ1n) is 6.61. The molecule has 0 aliphatic heterocycles. The highest BCUT2D eigenvalue weighted by atomic mass is 16.6. The zero-order valence-corrected chi connectivity index (χ0v) is 12.4. The Morgan fingerprint density at radius 1 is 1.00 bits per heavy atom. The van der Waals surface area contributed by atoms with Crippen molar-refractivity contribution in [2.24, 2.45) is 0 Å². The number of benzene rings is 2. The number of para-hydroxylation sites is 1. The van der Waals surface area contributed by atoms with E-state index in [1.807, 2.05) is 0 Å². The van der Waals surface area contributed by atoms with E-state index in [0.717, 1.165) is 0 Å². The number of amides is 1. The maximum absolute atomic E-state index is 12.3. The predicted molar refractivity (Wildman–Crippen MR) is 83.6 cm³/mol. The molecular formula is C15H13N3O5. The van der Waals surface area contributed by atoms with Crippen LogP contribution in [0.4, 0.5) is 17.1 Å². The second kappa shape index (κ2) is 6.22. The molecule has 0 aromatic heterocycles. The Hall–Kier alpha value is -3.29. The zero-order chi connectivity index (χ0) is 17.1. The van der Waals surface area contributed by atoms with Gasteiger partial charge in [-0.25, -0.2) is 0 Å². The van der Waals surface area contributed by atoms with Crippen molar-refractivity contribution in [2.75, 3.05) is 5.32 Å². The summed E-state index contributed by atoms with van der Waals surface area (Å²) < 4.78 is 0. The highest BCUT2D eigenvalue weighted by Crippen LogP contribution is 2.26. The molecule has 0 atom stereocenters. The quantitative estimate of drug-likeness (QED) is 0.686. The molecule has 1 amide bonds. The number of nitrogens with zero attached hydrogens (tertiary/aromatic N) is 2. The molecule has 23 heavy (non-hydrogen) atoms. The number of aryl methyl sites for hydroxylation is 2. The Balaban J connectivity index is 2.41. The summed E-state index contributed by atoms with van der Waals surface area (Å²) in [6, 6.07) is 8.45. The molecule has 2 rings (SSSR count). The fourth-order valence-electron chi connectivity index (χ4n) is 2.13. The summed E-state index contributed by atoms with van der Waals surface area (Å²) in [4.78, 5) is 33.1. The van der Waals surface area contributed by atoms with Crippen LogP contribution in [0.2, 0.25) is 0 Å². The van der Waals surface area contributed by atoms with Crippen LogP contribution in [0.1, 0.15) is 21.5 Å². The lowest BCUT2D eigenvalue weighted by atomic mass is 10.1. The number of carbonyl (C=O) groups is 1. The van der Waals surface area contributed by atoms with E-state index in [9.17, 15) is 25.0 Å². The van der Waals surface area contributed by atoms with Gasteiger partial charge in [0.15, 0.2) is 0 Å². The number of anilines is 1. The van der Waals surface area contributed by atoms with Crippen LogP contribution < -0.4 is 5.32 Å². The van der Waals surface area contributed by atoms with Crippen LogP contribution in [0.25, 0.3) is 0 Å². The molecule has 0 bridgehead atoms. The average Bonchev–Trinajstić information content (AvgIpc) is 2.48. The maximum atomic E-state index is 12.3. The van der Waals surface area contributed by atoms with E-state index in [1.165, 1.54) is 43.3 Å². The molecule has 0 saturated heterocycles. The SMILES string of the molecule is Cc1ccc([N+](=O)[O-])cc1NC(=O)c1cccc(C)c1[N+](=O)[O-]. The highest BCUT2D eigenvalue weighted by Gasteiger charge is 2.23. The van der Waals surface area contributed by atoms with E-state index >= 15 is 0 Å². The van der Waals surface area contributed by atoms with Crippen molar-refractivity contribution in [3.63, 3.8) is 0 Å². The van der Waals surface area contributed by atoms with Crippen molar-refractivity contribution in [1.29, 1.82) is 0 Å². The molecule has 0 unspecified atom stereocenters. The molecule has 0 aliphatic carbocycles. The first kappa shape index (κ1) is 16.1. The first-order chi connectivity index (χ1) is 10.8. The van der Waals surface area contributed by atoms with Crippen LogP contribution in [-0.2, 0) is 0 Å². The zero-order valence-electron chi connectivity index (χ0n) is 12.4. The number of nitro groups is 2. The monoisotopic (exact) mass is 315 g/mol. The second-order valence-corrected chi connectivity index (χ2v) is 4.94. The normalized spacial score (nSPS) is 10.2. The van der Waals surface area contributed by atoms with Crippen LogP contribution in [-0.4, -0.2) is 15.8 Å². The third-order valence-electron chi connectivity index (χ3n) is 3.35. The number of hydrogen-bond acceptors (Lipinski definition) is 5. The number of non-ortho nitro benzene ring substituents is 1. The molecule has 8 heteroatoms. The van der Waals surface area contributed by atoms with Crippen molar-refractivity contribution in [2.45, 2.75) is 13.8 Å². The van der Waals surface area contributed by atoms with Crippen LogP contribution in [0.15, 0.2) is 36.4 Å². The topological polar surface area (TPSA) is 115 Å². The number of carbonyl (C=O) groups excluding carboxylic acids is 1. The summed E-state index contributed by atoms with van der Waals surface area (Å²) in [7, 11) is 0. The minimum atomic E-state index is -0.691. The van der Waals surface area contributed by atoms with Gasteiger partial charge < -0.3 is 5.32 Å². The van der Waals surface area contributed by atoms with Gasteiger partial charge in [0.25, 0.3) is 17.3 Å². The molecule has 1 N–H and O–H groups in total. The van der Waals surface area contributed by atoms with Gasteiger partial charge in [-0.3, -0.25) is 25.0 Å². The summed E-state index contributed by atoms with van der Waals surface area (Å²) in [5, 5.41) is 24.5. The van der Waals surface area contributed by atoms with E-state index in [2.05, 4.69) is 5.32 Å². The van der Waals surface area contributed by atoms with Crippen LogP contribution in [0, 0.1) is 34.1 Å². The summed E-state index contributed by atoms with van der Waals surface area (Å²) in [5.74, 6) is -0.691. The Bertz CT molecular complexity index is 817. The number of nitrogens with one attached hydrogen (secondary N) is 1. The third-order valence-corrected chi connectivity index (χ3v) is 3.35. The minimum Gasteiger partial charge on any atom is -0.321 e. The van der Waals surface area contributed by atoms with Crippen LogP contribution in [0.5, 0.6) is 0 Å². The van der Waals surface area contributed by atoms with Crippen molar-refractivity contribution >= 4 is 23.0 Å². The van der Waals surface area contributed by atoms with Gasteiger partial charge in [-0.2, -0.15) is 0 Å². The molecule has 2 aromatic carbocycles. The Labute approximate surface area is 131 Å². The predicted octanol–water partition coefficient (Wildman–Crippen LogP) is 3.37. The molecule has 0 heterocycles. The van der Waals surface area contributed by atoms with E-state index in [4.69, 9.17) is 0 Å². The molecule has 0 spiro atoms. The fourth-order valence-corrected chi connectivity index (χ4v) is 2.13. The van der Waals surface area contributed by atoms with Crippen molar-refractivity contribution < 1.29 is 14.6 Å². The van der Waals surface area contributed by atoms with Crippen LogP contribution >= 0.6 is 0 Å². The van der Waals surface area contributed by atoms with Gasteiger partial charge in [0.05, 0.1) is 15.5 Å². The molecule has 8 nitrogen and oxygen atoms in total.